The molecule has 2 heterocycles. The lowest BCUT2D eigenvalue weighted by molar-refractivity contribution is -0.0126. The van der Waals surface area contributed by atoms with E-state index >= 15 is 0 Å². The average molecular weight is 254 g/mol. The zero-order valence-corrected chi connectivity index (χ0v) is 12.4. The van der Waals surface area contributed by atoms with E-state index in [9.17, 15) is 0 Å². The lowest BCUT2D eigenvalue weighted by Gasteiger charge is -2.38. The molecule has 2 fully saturated rings. The highest BCUT2D eigenvalue weighted by Gasteiger charge is 2.36. The first-order valence-electron chi connectivity index (χ1n) is 7.73. The molecule has 0 aliphatic carbocycles. The Morgan fingerprint density at radius 3 is 2.61 bits per heavy atom. The minimum absolute atomic E-state index is 0.109. The Balaban J connectivity index is 1.98. The van der Waals surface area contributed by atoms with E-state index in [0.717, 1.165) is 19.7 Å². The monoisotopic (exact) mass is 254 g/mol. The van der Waals surface area contributed by atoms with Gasteiger partial charge in [0.25, 0.3) is 0 Å². The third-order valence-corrected chi connectivity index (χ3v) is 4.89. The van der Waals surface area contributed by atoms with Crippen LogP contribution in [0, 0.1) is 0 Å². The van der Waals surface area contributed by atoms with Crippen molar-refractivity contribution in [2.45, 2.75) is 64.0 Å². The Kier molecular flexibility index (Phi) is 4.68. The van der Waals surface area contributed by atoms with Crippen LogP contribution in [0.5, 0.6) is 0 Å². The molecule has 2 aliphatic rings. The van der Waals surface area contributed by atoms with Crippen LogP contribution in [0.25, 0.3) is 0 Å². The van der Waals surface area contributed by atoms with Gasteiger partial charge in [-0.3, -0.25) is 4.90 Å². The van der Waals surface area contributed by atoms with Crippen molar-refractivity contribution in [2.24, 2.45) is 0 Å². The Hall–Kier alpha value is -0.120. The molecule has 0 radical (unpaired) electrons. The van der Waals surface area contributed by atoms with Gasteiger partial charge >= 0.3 is 0 Å². The zero-order valence-electron chi connectivity index (χ0n) is 12.4. The Labute approximate surface area is 112 Å². The molecule has 0 saturated carbocycles. The van der Waals surface area contributed by atoms with Crippen molar-refractivity contribution in [3.8, 4) is 0 Å². The maximum Gasteiger partial charge on any atom is 0.0781 e. The second-order valence-electron chi connectivity index (χ2n) is 6.38. The maximum absolute atomic E-state index is 5.96. The fraction of sp³-hybridized carbons (Fsp3) is 1.00. The van der Waals surface area contributed by atoms with E-state index in [4.69, 9.17) is 4.74 Å². The van der Waals surface area contributed by atoms with Crippen LogP contribution in [0.15, 0.2) is 0 Å². The summed E-state index contributed by atoms with van der Waals surface area (Å²) >= 11 is 0. The maximum atomic E-state index is 5.96. The number of nitrogens with one attached hydrogen (secondary N) is 1. The Morgan fingerprint density at radius 2 is 2.00 bits per heavy atom. The van der Waals surface area contributed by atoms with Crippen LogP contribution in [0.2, 0.25) is 0 Å². The van der Waals surface area contributed by atoms with Crippen LogP contribution in [0.3, 0.4) is 0 Å². The first-order chi connectivity index (χ1) is 8.61. The van der Waals surface area contributed by atoms with Crippen molar-refractivity contribution >= 4 is 0 Å². The molecule has 0 aromatic rings. The summed E-state index contributed by atoms with van der Waals surface area (Å²) in [4.78, 5) is 2.64. The van der Waals surface area contributed by atoms with Crippen molar-refractivity contribution < 1.29 is 4.74 Å². The van der Waals surface area contributed by atoms with Crippen LogP contribution < -0.4 is 5.32 Å². The van der Waals surface area contributed by atoms with E-state index in [-0.39, 0.29) is 5.60 Å². The van der Waals surface area contributed by atoms with E-state index in [0.29, 0.717) is 5.54 Å². The summed E-state index contributed by atoms with van der Waals surface area (Å²) in [6.45, 7) is 12.5. The van der Waals surface area contributed by atoms with E-state index in [1.165, 1.54) is 45.2 Å². The molecule has 0 aromatic carbocycles. The molecular formula is C15H30N2O. The largest absolute Gasteiger partial charge is 0.374 e. The first-order valence-corrected chi connectivity index (χ1v) is 7.73. The van der Waals surface area contributed by atoms with Crippen LogP contribution in [0.4, 0.5) is 0 Å². The van der Waals surface area contributed by atoms with Gasteiger partial charge in [-0.25, -0.2) is 0 Å². The fourth-order valence-electron chi connectivity index (χ4n) is 3.51. The van der Waals surface area contributed by atoms with Crippen molar-refractivity contribution in [1.29, 1.82) is 0 Å². The second kappa shape index (κ2) is 5.89. The van der Waals surface area contributed by atoms with Gasteiger partial charge in [0.15, 0.2) is 0 Å². The van der Waals surface area contributed by atoms with Gasteiger partial charge < -0.3 is 10.1 Å². The molecule has 0 amide bonds. The summed E-state index contributed by atoms with van der Waals surface area (Å²) in [5.41, 5.74) is 0.434. The molecule has 3 heteroatoms. The SMILES string of the molecule is CCC1(CC)CN(CC2(C)CCCO2)CCCN1. The smallest absolute Gasteiger partial charge is 0.0781 e. The molecule has 0 spiro atoms. The molecule has 1 unspecified atom stereocenters. The Bertz CT molecular complexity index is 257. The topological polar surface area (TPSA) is 24.5 Å². The normalized spacial score (nSPS) is 33.5. The highest BCUT2D eigenvalue weighted by atomic mass is 16.5. The van der Waals surface area contributed by atoms with Gasteiger partial charge in [0.1, 0.15) is 0 Å². The number of nitrogens with zero attached hydrogens (tertiary/aromatic N) is 1. The van der Waals surface area contributed by atoms with Gasteiger partial charge in [-0.15, -0.1) is 0 Å². The van der Waals surface area contributed by atoms with E-state index in [1.54, 1.807) is 0 Å². The third kappa shape index (κ3) is 3.25. The molecule has 2 aliphatic heterocycles. The van der Waals surface area contributed by atoms with Crippen LogP contribution in [-0.2, 0) is 4.74 Å². The van der Waals surface area contributed by atoms with Crippen LogP contribution in [0.1, 0.15) is 52.9 Å². The lowest BCUT2D eigenvalue weighted by atomic mass is 9.91. The molecular weight excluding hydrogens is 224 g/mol. The number of hydrogen-bond acceptors (Lipinski definition) is 3. The van der Waals surface area contributed by atoms with Gasteiger partial charge in [-0.2, -0.15) is 0 Å². The summed E-state index contributed by atoms with van der Waals surface area (Å²) < 4.78 is 5.96. The zero-order chi connectivity index (χ0) is 13.1. The number of ether oxygens (including phenoxy) is 1. The molecule has 1 N–H and O–H groups in total. The van der Waals surface area contributed by atoms with Gasteiger partial charge in [-0.1, -0.05) is 13.8 Å². The molecule has 2 rings (SSSR count). The van der Waals surface area contributed by atoms with Crippen molar-refractivity contribution in [2.75, 3.05) is 32.8 Å². The molecule has 0 aromatic heterocycles. The summed E-state index contributed by atoms with van der Waals surface area (Å²) in [5.74, 6) is 0. The third-order valence-electron chi connectivity index (χ3n) is 4.89. The Morgan fingerprint density at radius 1 is 1.22 bits per heavy atom. The molecule has 3 nitrogen and oxygen atoms in total. The van der Waals surface area contributed by atoms with Crippen LogP contribution in [-0.4, -0.2) is 48.8 Å². The minimum atomic E-state index is 0.109. The van der Waals surface area contributed by atoms with E-state index < -0.39 is 0 Å². The number of rotatable bonds is 4. The van der Waals surface area contributed by atoms with Gasteiger partial charge in [-0.05, 0) is 52.1 Å². The summed E-state index contributed by atoms with van der Waals surface area (Å²) in [7, 11) is 0. The van der Waals surface area contributed by atoms with E-state index in [1.807, 2.05) is 0 Å². The molecule has 0 bridgehead atoms. The minimum Gasteiger partial charge on any atom is -0.374 e. The average Bonchev–Trinajstić information content (AvgIpc) is 2.68. The molecule has 18 heavy (non-hydrogen) atoms. The lowest BCUT2D eigenvalue weighted by Crippen LogP contribution is -2.52. The highest BCUT2D eigenvalue weighted by Crippen LogP contribution is 2.28. The van der Waals surface area contributed by atoms with Gasteiger partial charge in [0, 0.05) is 25.2 Å². The highest BCUT2D eigenvalue weighted by molar-refractivity contribution is 4.93. The van der Waals surface area contributed by atoms with Crippen molar-refractivity contribution in [3.05, 3.63) is 0 Å². The quantitative estimate of drug-likeness (QED) is 0.834. The van der Waals surface area contributed by atoms with Crippen LogP contribution >= 0.6 is 0 Å². The van der Waals surface area contributed by atoms with E-state index in [2.05, 4.69) is 31.0 Å². The van der Waals surface area contributed by atoms with Gasteiger partial charge in [0.05, 0.1) is 5.60 Å². The second-order valence-corrected chi connectivity index (χ2v) is 6.38. The molecule has 1 atom stereocenters. The molecule has 106 valence electrons. The first kappa shape index (κ1) is 14.3. The summed E-state index contributed by atoms with van der Waals surface area (Å²) in [6, 6.07) is 0. The predicted octanol–water partition coefficient (Wildman–Crippen LogP) is 2.41. The number of hydrogen-bond donors (Lipinski definition) is 1. The standard InChI is InChI=1S/C15H30N2O/c1-4-15(5-2)13-17(10-7-9-16-15)12-14(3)8-6-11-18-14/h16H,4-13H2,1-3H3. The summed E-state index contributed by atoms with van der Waals surface area (Å²) in [5, 5.41) is 3.78. The summed E-state index contributed by atoms with van der Waals surface area (Å²) in [6.07, 6.45) is 6.16. The van der Waals surface area contributed by atoms with Crippen molar-refractivity contribution in [3.63, 3.8) is 0 Å². The molecule has 2 saturated heterocycles. The predicted molar refractivity (Wildman–Crippen MR) is 76.0 cm³/mol. The van der Waals surface area contributed by atoms with Gasteiger partial charge in [0.2, 0.25) is 0 Å². The fourth-order valence-corrected chi connectivity index (χ4v) is 3.51. The van der Waals surface area contributed by atoms with Crippen molar-refractivity contribution in [1.82, 2.24) is 10.2 Å².